The van der Waals surface area contributed by atoms with E-state index in [4.69, 9.17) is 0 Å². The summed E-state index contributed by atoms with van der Waals surface area (Å²) in [4.78, 5) is 0. The average molecular weight is 300 g/mol. The van der Waals surface area contributed by atoms with E-state index in [1.165, 1.54) is 75.6 Å². The van der Waals surface area contributed by atoms with Gasteiger partial charge in [0.05, 0.1) is 11.4 Å². The van der Waals surface area contributed by atoms with Gasteiger partial charge in [0.15, 0.2) is 0 Å². The van der Waals surface area contributed by atoms with Crippen molar-refractivity contribution in [1.29, 1.82) is 0 Å². The van der Waals surface area contributed by atoms with Crippen LogP contribution in [-0.2, 0) is 0 Å². The van der Waals surface area contributed by atoms with Gasteiger partial charge in [0.1, 0.15) is 0 Å². The van der Waals surface area contributed by atoms with E-state index in [1.54, 1.807) is 0 Å². The summed E-state index contributed by atoms with van der Waals surface area (Å²) in [6, 6.07) is 8.75. The lowest BCUT2D eigenvalue weighted by Crippen LogP contribution is -2.20. The van der Waals surface area contributed by atoms with E-state index < -0.39 is 0 Å². The summed E-state index contributed by atoms with van der Waals surface area (Å²) in [5.74, 6) is 1.75. The third kappa shape index (κ3) is 4.66. The number of hydrogen-bond donors (Lipinski definition) is 2. The zero-order valence-corrected chi connectivity index (χ0v) is 13.9. The smallest absolute Gasteiger partial charge is 0.0576 e. The molecule has 0 saturated heterocycles. The normalized spacial score (nSPS) is 20.7. The summed E-state index contributed by atoms with van der Waals surface area (Å²) < 4.78 is 0. The van der Waals surface area contributed by atoms with Gasteiger partial charge >= 0.3 is 0 Å². The van der Waals surface area contributed by atoms with Crippen molar-refractivity contribution >= 4 is 11.4 Å². The lowest BCUT2D eigenvalue weighted by atomic mass is 9.89. The number of benzene rings is 1. The summed E-state index contributed by atoms with van der Waals surface area (Å²) in [5, 5.41) is 7.42. The first-order valence-electron chi connectivity index (χ1n) is 9.48. The molecule has 2 aliphatic rings. The minimum atomic E-state index is 0.875. The highest BCUT2D eigenvalue weighted by molar-refractivity contribution is 5.68. The van der Waals surface area contributed by atoms with Gasteiger partial charge in [-0.2, -0.15) is 0 Å². The molecule has 2 heteroatoms. The van der Waals surface area contributed by atoms with Crippen molar-refractivity contribution in [1.82, 2.24) is 0 Å². The van der Waals surface area contributed by atoms with E-state index in [2.05, 4.69) is 34.9 Å². The number of rotatable bonds is 6. The van der Waals surface area contributed by atoms with Gasteiger partial charge in [-0.3, -0.25) is 0 Å². The topological polar surface area (TPSA) is 24.1 Å². The second-order valence-corrected chi connectivity index (χ2v) is 7.32. The second-order valence-electron chi connectivity index (χ2n) is 7.32. The quantitative estimate of drug-likeness (QED) is 0.707. The average Bonchev–Trinajstić information content (AvgIpc) is 2.61. The number of para-hydroxylation sites is 2. The van der Waals surface area contributed by atoms with Crippen LogP contribution < -0.4 is 10.6 Å². The molecule has 0 unspecified atom stereocenters. The van der Waals surface area contributed by atoms with Crippen LogP contribution in [0.15, 0.2) is 24.3 Å². The molecule has 0 amide bonds. The number of nitrogens with one attached hydrogen (secondary N) is 2. The Hall–Kier alpha value is -1.18. The van der Waals surface area contributed by atoms with Crippen LogP contribution in [-0.4, -0.2) is 13.1 Å². The molecule has 122 valence electrons. The van der Waals surface area contributed by atoms with Crippen LogP contribution in [0.5, 0.6) is 0 Å². The van der Waals surface area contributed by atoms with Gasteiger partial charge in [0.25, 0.3) is 0 Å². The molecule has 1 aromatic rings. The van der Waals surface area contributed by atoms with E-state index in [0.29, 0.717) is 0 Å². The Balaban J connectivity index is 1.50. The van der Waals surface area contributed by atoms with Gasteiger partial charge in [-0.25, -0.2) is 0 Å². The molecule has 0 radical (unpaired) electrons. The third-order valence-electron chi connectivity index (χ3n) is 5.54. The van der Waals surface area contributed by atoms with Crippen LogP contribution in [0.4, 0.5) is 11.4 Å². The molecule has 2 saturated carbocycles. The molecule has 0 bridgehead atoms. The fraction of sp³-hybridized carbons (Fsp3) is 0.700. The number of hydrogen-bond acceptors (Lipinski definition) is 2. The Morgan fingerprint density at radius 1 is 0.636 bits per heavy atom. The van der Waals surface area contributed by atoms with Gasteiger partial charge < -0.3 is 10.6 Å². The summed E-state index contributed by atoms with van der Waals surface area (Å²) in [5.41, 5.74) is 2.59. The van der Waals surface area contributed by atoms with Gasteiger partial charge in [-0.05, 0) is 49.7 Å². The SMILES string of the molecule is c1ccc(NCC2CCCCC2)c(NCC2CCCCC2)c1. The summed E-state index contributed by atoms with van der Waals surface area (Å²) in [7, 11) is 0. The van der Waals surface area contributed by atoms with Crippen molar-refractivity contribution in [2.75, 3.05) is 23.7 Å². The van der Waals surface area contributed by atoms with Crippen LogP contribution in [0, 0.1) is 11.8 Å². The van der Waals surface area contributed by atoms with Gasteiger partial charge in [-0.15, -0.1) is 0 Å². The first kappa shape index (κ1) is 15.7. The van der Waals surface area contributed by atoms with Crippen molar-refractivity contribution in [3.8, 4) is 0 Å². The molecular formula is C20H32N2. The fourth-order valence-corrected chi connectivity index (χ4v) is 4.08. The van der Waals surface area contributed by atoms with Crippen molar-refractivity contribution in [2.45, 2.75) is 64.2 Å². The first-order chi connectivity index (χ1) is 10.9. The molecular weight excluding hydrogens is 268 g/mol. The molecule has 2 N–H and O–H groups in total. The summed E-state index contributed by atoms with van der Waals surface area (Å²) >= 11 is 0. The minimum absolute atomic E-state index is 0.875. The number of anilines is 2. The molecule has 0 aliphatic heterocycles. The molecule has 3 rings (SSSR count). The highest BCUT2D eigenvalue weighted by Crippen LogP contribution is 2.28. The molecule has 2 nitrogen and oxygen atoms in total. The molecule has 2 aliphatic carbocycles. The maximum atomic E-state index is 3.71. The molecule has 0 heterocycles. The Kier molecular flexibility index (Phi) is 6.03. The fourth-order valence-electron chi connectivity index (χ4n) is 4.08. The van der Waals surface area contributed by atoms with E-state index >= 15 is 0 Å². The lowest BCUT2D eigenvalue weighted by Gasteiger charge is -2.25. The lowest BCUT2D eigenvalue weighted by molar-refractivity contribution is 0.372. The molecule has 0 atom stereocenters. The molecule has 0 aromatic heterocycles. The van der Waals surface area contributed by atoms with Crippen LogP contribution in [0.25, 0.3) is 0 Å². The molecule has 1 aromatic carbocycles. The first-order valence-corrected chi connectivity index (χ1v) is 9.48. The van der Waals surface area contributed by atoms with Crippen molar-refractivity contribution in [3.05, 3.63) is 24.3 Å². The highest BCUT2D eigenvalue weighted by atomic mass is 15.0. The van der Waals surface area contributed by atoms with E-state index in [9.17, 15) is 0 Å². The van der Waals surface area contributed by atoms with Crippen molar-refractivity contribution in [2.24, 2.45) is 11.8 Å². The van der Waals surface area contributed by atoms with Crippen molar-refractivity contribution < 1.29 is 0 Å². The van der Waals surface area contributed by atoms with Crippen LogP contribution in [0.3, 0.4) is 0 Å². The van der Waals surface area contributed by atoms with Gasteiger partial charge in [-0.1, -0.05) is 50.7 Å². The van der Waals surface area contributed by atoms with E-state index in [1.807, 2.05) is 0 Å². The van der Waals surface area contributed by atoms with Gasteiger partial charge in [0.2, 0.25) is 0 Å². The molecule has 2 fully saturated rings. The summed E-state index contributed by atoms with van der Waals surface area (Å²) in [6.07, 6.45) is 14.2. The van der Waals surface area contributed by atoms with Crippen LogP contribution in [0.2, 0.25) is 0 Å². The predicted octanol–water partition coefficient (Wildman–Crippen LogP) is 5.67. The second kappa shape index (κ2) is 8.45. The standard InChI is InChI=1S/C20H32N2/c1-3-9-17(10-4-1)15-21-19-13-7-8-14-20(19)22-16-18-11-5-2-6-12-18/h7-8,13-14,17-18,21-22H,1-6,9-12,15-16H2. The maximum absolute atomic E-state index is 3.71. The molecule has 0 spiro atoms. The van der Waals surface area contributed by atoms with E-state index in [0.717, 1.165) is 24.9 Å². The minimum Gasteiger partial charge on any atom is -0.383 e. The highest BCUT2D eigenvalue weighted by Gasteiger charge is 2.15. The van der Waals surface area contributed by atoms with Crippen LogP contribution in [0.1, 0.15) is 64.2 Å². The largest absolute Gasteiger partial charge is 0.383 e. The van der Waals surface area contributed by atoms with Gasteiger partial charge in [0, 0.05) is 13.1 Å². The Labute approximate surface area is 136 Å². The van der Waals surface area contributed by atoms with Crippen LogP contribution >= 0.6 is 0 Å². The monoisotopic (exact) mass is 300 g/mol. The Bertz CT molecular complexity index is 390. The van der Waals surface area contributed by atoms with E-state index in [-0.39, 0.29) is 0 Å². The predicted molar refractivity (Wildman–Crippen MR) is 96.6 cm³/mol. The van der Waals surface area contributed by atoms with Crippen molar-refractivity contribution in [3.63, 3.8) is 0 Å². The Morgan fingerprint density at radius 2 is 1.05 bits per heavy atom. The Morgan fingerprint density at radius 3 is 1.45 bits per heavy atom. The summed E-state index contributed by atoms with van der Waals surface area (Å²) in [6.45, 7) is 2.28. The molecule has 22 heavy (non-hydrogen) atoms. The zero-order valence-electron chi connectivity index (χ0n) is 13.9. The maximum Gasteiger partial charge on any atom is 0.0576 e. The third-order valence-corrected chi connectivity index (χ3v) is 5.54. The zero-order chi connectivity index (χ0) is 15.0.